The molecule has 4 nitrogen and oxygen atoms in total. The number of carboxylic acid groups (broad SMARTS) is 1. The summed E-state index contributed by atoms with van der Waals surface area (Å²) in [5.41, 5.74) is 0. The number of rotatable bonds is 4. The summed E-state index contributed by atoms with van der Waals surface area (Å²) in [6.07, 6.45) is 0.124. The molecule has 0 rings (SSSR count). The van der Waals surface area contributed by atoms with Crippen LogP contribution in [0.25, 0.3) is 0 Å². The quantitative estimate of drug-likeness (QED) is 0.480. The molecule has 0 aromatic carbocycles. The van der Waals surface area contributed by atoms with Crippen LogP contribution in [0, 0.1) is 0 Å². The molecule has 0 aromatic rings. The van der Waals surface area contributed by atoms with E-state index in [4.69, 9.17) is 22.0 Å². The normalized spacial score (nSPS) is 13.1. The van der Waals surface area contributed by atoms with Crippen molar-refractivity contribution >= 4 is 17.7 Å². The summed E-state index contributed by atoms with van der Waals surface area (Å²) in [7, 11) is 0. The van der Waals surface area contributed by atoms with Crippen LogP contribution in [0.3, 0.4) is 0 Å². The van der Waals surface area contributed by atoms with E-state index in [9.17, 15) is 4.79 Å². The van der Waals surface area contributed by atoms with Gasteiger partial charge in [-0.25, -0.2) is 4.84 Å². The average molecular weight is 154 g/mol. The first kappa shape index (κ1) is 8.68. The Balaban J connectivity index is 3.54. The molecule has 0 heterocycles. The molecule has 0 aliphatic carbocycles. The Labute approximate surface area is 57.5 Å². The van der Waals surface area contributed by atoms with Crippen LogP contribution in [0.15, 0.2) is 0 Å². The molecule has 0 saturated carbocycles. The zero-order valence-electron chi connectivity index (χ0n) is 4.67. The van der Waals surface area contributed by atoms with Crippen molar-refractivity contribution < 1.29 is 15.0 Å². The van der Waals surface area contributed by atoms with E-state index in [0.717, 1.165) is 0 Å². The van der Waals surface area contributed by atoms with E-state index in [2.05, 4.69) is 0 Å². The van der Waals surface area contributed by atoms with Crippen molar-refractivity contribution in [1.82, 2.24) is 4.84 Å². The molecule has 5 heteroatoms. The summed E-state index contributed by atoms with van der Waals surface area (Å²) in [5, 5.41) is 16.5. The maximum absolute atomic E-state index is 10.1. The topological polar surface area (TPSA) is 69.6 Å². The summed E-state index contributed by atoms with van der Waals surface area (Å²) in [4.78, 5) is 12.1. The smallest absolute Gasteiger partial charge is 0.322 e. The van der Waals surface area contributed by atoms with Gasteiger partial charge in [0.1, 0.15) is 6.04 Å². The van der Waals surface area contributed by atoms with Crippen LogP contribution < -0.4 is 4.84 Å². The van der Waals surface area contributed by atoms with Crippen molar-refractivity contribution in [1.29, 1.82) is 0 Å². The Kier molecular flexibility index (Phi) is 4.39. The molecule has 1 atom stereocenters. The number of carbonyl (C=O) groups is 1. The molecule has 54 valence electrons. The summed E-state index contributed by atoms with van der Waals surface area (Å²) in [6.45, 7) is -0.184. The molecule has 0 unspecified atom stereocenters. The lowest BCUT2D eigenvalue weighted by molar-refractivity contribution is -0.139. The van der Waals surface area contributed by atoms with Crippen LogP contribution in [0.4, 0.5) is 0 Å². The Morgan fingerprint density at radius 1 is 1.78 bits per heavy atom. The number of carboxylic acids is 1. The monoisotopic (exact) mass is 153 g/mol. The van der Waals surface area contributed by atoms with Crippen molar-refractivity contribution in [2.75, 3.05) is 6.61 Å². The Bertz CT molecular complexity index is 97.8. The number of nitrogens with one attached hydrogen (secondary N) is 1. The number of aliphatic hydroxyl groups is 1. The molecular weight excluding hydrogens is 146 g/mol. The first-order chi connectivity index (χ1) is 4.22. The second-order valence-corrected chi connectivity index (χ2v) is 1.73. The average Bonchev–Trinajstić information content (AvgIpc) is 1.82. The molecule has 0 aliphatic rings. The van der Waals surface area contributed by atoms with Gasteiger partial charge in [0, 0.05) is 6.61 Å². The molecule has 0 spiro atoms. The highest BCUT2D eigenvalue weighted by Gasteiger charge is 2.13. The summed E-state index contributed by atoms with van der Waals surface area (Å²) >= 11 is 5.00. The zero-order valence-corrected chi connectivity index (χ0v) is 5.43. The second-order valence-electron chi connectivity index (χ2n) is 1.51. The SMILES string of the molecule is O=C(O)[C@H](CCO)NCl. The largest absolute Gasteiger partial charge is 0.480 e. The molecule has 0 aliphatic heterocycles. The Morgan fingerprint density at radius 3 is 2.44 bits per heavy atom. The number of hydrogen-bond donors (Lipinski definition) is 3. The van der Waals surface area contributed by atoms with E-state index in [1.807, 2.05) is 4.84 Å². The third-order valence-electron chi connectivity index (χ3n) is 0.848. The predicted octanol–water partition coefficient (Wildman–Crippen LogP) is -0.435. The summed E-state index contributed by atoms with van der Waals surface area (Å²) < 4.78 is 0. The lowest BCUT2D eigenvalue weighted by Gasteiger charge is -2.05. The highest BCUT2D eigenvalue weighted by atomic mass is 35.5. The van der Waals surface area contributed by atoms with E-state index in [1.165, 1.54) is 0 Å². The van der Waals surface area contributed by atoms with Crippen LogP contribution in [0.5, 0.6) is 0 Å². The maximum atomic E-state index is 10.1. The van der Waals surface area contributed by atoms with E-state index in [1.54, 1.807) is 0 Å². The van der Waals surface area contributed by atoms with E-state index in [-0.39, 0.29) is 13.0 Å². The molecule has 0 amide bonds. The number of hydrogen-bond acceptors (Lipinski definition) is 3. The summed E-state index contributed by atoms with van der Waals surface area (Å²) in [6, 6.07) is -0.850. The minimum absolute atomic E-state index is 0.124. The third-order valence-corrected chi connectivity index (χ3v) is 1.11. The van der Waals surface area contributed by atoms with Gasteiger partial charge in [0.15, 0.2) is 0 Å². The number of halogens is 1. The van der Waals surface area contributed by atoms with Gasteiger partial charge in [-0.15, -0.1) is 0 Å². The van der Waals surface area contributed by atoms with Crippen LogP contribution in [0.1, 0.15) is 6.42 Å². The van der Waals surface area contributed by atoms with Gasteiger partial charge in [0.05, 0.1) is 0 Å². The van der Waals surface area contributed by atoms with Gasteiger partial charge in [0.2, 0.25) is 0 Å². The number of aliphatic hydroxyl groups excluding tert-OH is 1. The Morgan fingerprint density at radius 2 is 2.33 bits per heavy atom. The summed E-state index contributed by atoms with van der Waals surface area (Å²) in [5.74, 6) is -1.06. The number of aliphatic carboxylic acids is 1. The highest BCUT2D eigenvalue weighted by Crippen LogP contribution is 1.91. The van der Waals surface area contributed by atoms with Gasteiger partial charge in [-0.3, -0.25) is 4.79 Å². The fraction of sp³-hybridized carbons (Fsp3) is 0.750. The molecule has 0 aromatic heterocycles. The lowest BCUT2D eigenvalue weighted by Crippen LogP contribution is -2.31. The molecule has 0 bridgehead atoms. The second kappa shape index (κ2) is 4.55. The van der Waals surface area contributed by atoms with Crippen molar-refractivity contribution in [2.24, 2.45) is 0 Å². The maximum Gasteiger partial charge on any atom is 0.322 e. The zero-order chi connectivity index (χ0) is 7.28. The van der Waals surface area contributed by atoms with Gasteiger partial charge >= 0.3 is 5.97 Å². The molecule has 0 saturated heterocycles. The van der Waals surface area contributed by atoms with E-state index < -0.39 is 12.0 Å². The molecular formula is C4H8ClNO3. The highest BCUT2D eigenvalue weighted by molar-refractivity contribution is 6.14. The van der Waals surface area contributed by atoms with Crippen LogP contribution in [0.2, 0.25) is 0 Å². The molecule has 0 radical (unpaired) electrons. The van der Waals surface area contributed by atoms with Crippen molar-refractivity contribution in [2.45, 2.75) is 12.5 Å². The fourth-order valence-corrected chi connectivity index (χ4v) is 0.556. The van der Waals surface area contributed by atoms with Gasteiger partial charge in [-0.2, -0.15) is 0 Å². The van der Waals surface area contributed by atoms with Gasteiger partial charge in [-0.05, 0) is 18.2 Å². The van der Waals surface area contributed by atoms with Crippen molar-refractivity contribution in [3.05, 3.63) is 0 Å². The van der Waals surface area contributed by atoms with Crippen LogP contribution >= 0.6 is 11.8 Å². The Hall–Kier alpha value is -0.320. The van der Waals surface area contributed by atoms with Crippen molar-refractivity contribution in [3.63, 3.8) is 0 Å². The predicted molar refractivity (Wildman–Crippen MR) is 32.1 cm³/mol. The minimum Gasteiger partial charge on any atom is -0.480 e. The van der Waals surface area contributed by atoms with Crippen LogP contribution in [-0.4, -0.2) is 28.8 Å². The van der Waals surface area contributed by atoms with Crippen LogP contribution in [-0.2, 0) is 4.79 Å². The van der Waals surface area contributed by atoms with E-state index >= 15 is 0 Å². The molecule has 9 heavy (non-hydrogen) atoms. The van der Waals surface area contributed by atoms with Gasteiger partial charge in [0.25, 0.3) is 0 Å². The molecule has 3 N–H and O–H groups in total. The third kappa shape index (κ3) is 3.29. The fourth-order valence-electron chi connectivity index (χ4n) is 0.354. The first-order valence-corrected chi connectivity index (χ1v) is 2.80. The van der Waals surface area contributed by atoms with Gasteiger partial charge in [-0.1, -0.05) is 0 Å². The minimum atomic E-state index is -1.06. The standard InChI is InChI=1S/C4H8ClNO3/c5-6-3(1-2-7)4(8)9/h3,6-7H,1-2H2,(H,8,9)/t3-/m0/s1. The van der Waals surface area contributed by atoms with Crippen molar-refractivity contribution in [3.8, 4) is 0 Å². The van der Waals surface area contributed by atoms with Gasteiger partial charge < -0.3 is 10.2 Å². The lowest BCUT2D eigenvalue weighted by atomic mass is 10.2. The first-order valence-electron chi connectivity index (χ1n) is 2.42. The molecule has 0 fully saturated rings. The van der Waals surface area contributed by atoms with E-state index in [0.29, 0.717) is 0 Å².